The monoisotopic (exact) mass is 671 g/mol. The van der Waals surface area contributed by atoms with Gasteiger partial charge in [0.25, 0.3) is 0 Å². The Hall–Kier alpha value is -0.927. The smallest absolute Gasteiger partial charge is 0.0141 e. The van der Waals surface area contributed by atoms with E-state index >= 15 is 0 Å². The molecule has 6 heteroatoms. The van der Waals surface area contributed by atoms with Crippen molar-refractivity contribution < 1.29 is 18.3 Å². The zero-order valence-electron chi connectivity index (χ0n) is 25.3. The van der Waals surface area contributed by atoms with E-state index in [0.29, 0.717) is 16.4 Å². The number of para-hydroxylation sites is 1. The van der Waals surface area contributed by atoms with Crippen LogP contribution in [-0.2, 0) is 13.5 Å². The van der Waals surface area contributed by atoms with Crippen LogP contribution in [-0.4, -0.2) is 34.2 Å². The minimum Gasteiger partial charge on any atom is -0.507 e. The number of aryl methyl sites for hydroxylation is 3. The van der Waals surface area contributed by atoms with Gasteiger partial charge in [-0.1, -0.05) is 31.5 Å². The normalized spacial score (nSPS) is 31.3. The third kappa shape index (κ3) is 6.51. The number of hydrogen-bond donors (Lipinski definition) is 0. The van der Waals surface area contributed by atoms with Crippen molar-refractivity contribution in [3.63, 3.8) is 0 Å². The molecule has 2 unspecified atom stereocenters. The molecule has 2 atom stereocenters. The zero-order chi connectivity index (χ0) is 28.9. The molecule has 0 amide bonds. The second kappa shape index (κ2) is 11.6. The Morgan fingerprint density at radius 2 is 1.57 bits per heavy atom. The molecule has 222 valence electrons. The first-order valence-electron chi connectivity index (χ1n) is 14.8. The first kappa shape index (κ1) is 30.5. The van der Waals surface area contributed by atoms with Crippen molar-refractivity contribution in [2.75, 3.05) is 18.0 Å². The summed E-state index contributed by atoms with van der Waals surface area (Å²) in [5, 5.41) is 0. The summed E-state index contributed by atoms with van der Waals surface area (Å²) in [5.74, 6) is 1.81. The Morgan fingerprint density at radius 3 is 2.15 bits per heavy atom. The second-order valence-electron chi connectivity index (χ2n) is 14.1. The van der Waals surface area contributed by atoms with Crippen molar-refractivity contribution in [2.45, 2.75) is 98.6 Å². The molecule has 3 nitrogen and oxygen atoms in total. The van der Waals surface area contributed by atoms with Gasteiger partial charge in [-0.05, 0) is 99.3 Å². The summed E-state index contributed by atoms with van der Waals surface area (Å²) in [4.78, 5) is 5.33. The molecule has 7 rings (SSSR count). The van der Waals surface area contributed by atoms with E-state index in [2.05, 4.69) is 63.2 Å². The number of rotatable bonds is 5. The molecular formula is C34H47Cl2N2ORu-. The third-order valence-electron chi connectivity index (χ3n) is 9.46. The minimum absolute atomic E-state index is 0.163. The summed E-state index contributed by atoms with van der Waals surface area (Å²) < 4.78 is 7.51. The Morgan fingerprint density at radius 1 is 0.950 bits per heavy atom. The third-order valence-corrected chi connectivity index (χ3v) is 11.3. The maximum absolute atomic E-state index is 5.82. The van der Waals surface area contributed by atoms with Crippen LogP contribution >= 0.6 is 19.4 Å². The first-order chi connectivity index (χ1) is 18.8. The maximum atomic E-state index is 5.82. The molecule has 5 fully saturated rings. The fraction of sp³-hybridized carbons (Fsp3) is 0.588. The second-order valence-corrected chi connectivity index (χ2v) is 19.8. The molecule has 1 aliphatic heterocycles. The van der Waals surface area contributed by atoms with E-state index in [1.807, 2.05) is 42.7 Å². The van der Waals surface area contributed by atoms with Gasteiger partial charge >= 0.3 is 97.8 Å². The van der Waals surface area contributed by atoms with Gasteiger partial charge in [-0.15, -0.1) is 0 Å². The van der Waals surface area contributed by atoms with Gasteiger partial charge in [0, 0.05) is 12.2 Å². The van der Waals surface area contributed by atoms with Crippen LogP contribution < -0.4 is 9.64 Å². The van der Waals surface area contributed by atoms with Crippen molar-refractivity contribution in [2.24, 2.45) is 16.7 Å². The average Bonchev–Trinajstić information content (AvgIpc) is 3.28. The molecule has 4 bridgehead atoms. The van der Waals surface area contributed by atoms with Crippen molar-refractivity contribution >= 4 is 29.7 Å². The van der Waals surface area contributed by atoms with E-state index in [0.717, 1.165) is 23.8 Å². The summed E-state index contributed by atoms with van der Waals surface area (Å²) in [6.45, 7) is 20.8. The van der Waals surface area contributed by atoms with E-state index < -0.39 is 13.5 Å². The van der Waals surface area contributed by atoms with Gasteiger partial charge in [0.1, 0.15) is 0 Å². The fourth-order valence-electron chi connectivity index (χ4n) is 9.37. The van der Waals surface area contributed by atoms with Crippen LogP contribution in [0, 0.1) is 44.2 Å². The molecule has 40 heavy (non-hydrogen) atoms. The molecule has 4 aliphatic carbocycles. The van der Waals surface area contributed by atoms with Crippen molar-refractivity contribution in [3.05, 3.63) is 65.3 Å². The molecular weight excluding hydrogens is 624 g/mol. The molecule has 1 heterocycles. The van der Waals surface area contributed by atoms with Gasteiger partial charge in [0.15, 0.2) is 0 Å². The first-order valence-corrected chi connectivity index (χ1v) is 20.3. The summed E-state index contributed by atoms with van der Waals surface area (Å²) in [6.07, 6.45) is 8.87. The van der Waals surface area contributed by atoms with E-state index in [1.165, 1.54) is 67.4 Å². The number of nitrogens with zero attached hydrogens (tertiary/aromatic N) is 2. The Bertz CT molecular complexity index is 1230. The number of halogens is 2. The largest absolute Gasteiger partial charge is 0.507 e. The van der Waals surface area contributed by atoms with Crippen LogP contribution in [0.4, 0.5) is 5.69 Å². The Kier molecular flexibility index (Phi) is 8.88. The topological polar surface area (TPSA) is 15.7 Å². The summed E-state index contributed by atoms with van der Waals surface area (Å²) in [6, 6.07) is 12.5. The molecule has 5 aliphatic rings. The van der Waals surface area contributed by atoms with E-state index in [4.69, 9.17) is 24.1 Å². The van der Waals surface area contributed by atoms with Crippen LogP contribution in [0.3, 0.4) is 0 Å². The van der Waals surface area contributed by atoms with E-state index in [-0.39, 0.29) is 6.10 Å². The molecule has 4 saturated carbocycles. The average molecular weight is 672 g/mol. The van der Waals surface area contributed by atoms with Crippen LogP contribution in [0.15, 0.2) is 36.4 Å². The number of benzene rings is 2. The number of anilines is 1. The van der Waals surface area contributed by atoms with Crippen molar-refractivity contribution in [3.8, 4) is 5.75 Å². The molecule has 1 saturated heterocycles. The zero-order valence-corrected chi connectivity index (χ0v) is 28.6. The van der Waals surface area contributed by atoms with Gasteiger partial charge in [-0.25, -0.2) is 0 Å². The predicted molar refractivity (Wildman–Crippen MR) is 168 cm³/mol. The van der Waals surface area contributed by atoms with Gasteiger partial charge < -0.3 is 9.80 Å². The van der Waals surface area contributed by atoms with Crippen molar-refractivity contribution in [1.82, 2.24) is 4.90 Å². The van der Waals surface area contributed by atoms with E-state index in [1.54, 1.807) is 0 Å². The van der Waals surface area contributed by atoms with Crippen LogP contribution in [0.25, 0.3) is 0 Å². The summed E-state index contributed by atoms with van der Waals surface area (Å²) >= 11 is -1.77. The number of hydrogen-bond acceptors (Lipinski definition) is 3. The standard InChI is InChI=1S/C24H35N2.C10H12O.2ClH.Ru/c1-17-8-18(2)21(19(3)9-17)25-6-7-26(16-25)24-12-20-10-22(4,14-24)13-23(5,11-20)15-24;1-8(2)11-10-7-5-4-6-9(10)3;;;/h8-9,16,20H,6-7,10-15H2,1-5H3;3-8H,1-2H3;2*1H;/q-1;;;;+2/p-2. The molecule has 0 radical (unpaired) electrons. The SMILES string of the molecule is CC(C)Oc1ccccc1[CH]=[Ru]([Cl])[Cl].Cc1cc(C)c(N2[CH-]N(C34CC5CC(C)(CC(C)(C5)C3)C4)CC2)c(C)c1. The molecule has 0 aromatic heterocycles. The van der Waals surface area contributed by atoms with Gasteiger partial charge in [-0.3, -0.25) is 0 Å². The molecule has 2 aromatic rings. The molecule has 0 spiro atoms. The fourth-order valence-corrected chi connectivity index (χ4v) is 11.2. The Labute approximate surface area is 256 Å². The van der Waals surface area contributed by atoms with Gasteiger partial charge in [0.05, 0.1) is 0 Å². The Balaban J connectivity index is 0.000000197. The summed E-state index contributed by atoms with van der Waals surface area (Å²) in [7, 11) is 11.6. The van der Waals surface area contributed by atoms with Crippen molar-refractivity contribution in [1.29, 1.82) is 0 Å². The number of ether oxygens (including phenoxy) is 1. The van der Waals surface area contributed by atoms with E-state index in [9.17, 15) is 0 Å². The quantitative estimate of drug-likeness (QED) is 0.233. The minimum atomic E-state index is -1.77. The van der Waals surface area contributed by atoms with Crippen LogP contribution in [0.2, 0.25) is 0 Å². The summed E-state index contributed by atoms with van der Waals surface area (Å²) in [5.41, 5.74) is 8.27. The van der Waals surface area contributed by atoms with Gasteiger partial charge in [0.2, 0.25) is 0 Å². The van der Waals surface area contributed by atoms with Crippen LogP contribution in [0.1, 0.15) is 88.5 Å². The predicted octanol–water partition coefficient (Wildman–Crippen LogP) is 9.15. The molecule has 2 aromatic carbocycles. The van der Waals surface area contributed by atoms with Crippen LogP contribution in [0.5, 0.6) is 5.75 Å². The maximum Gasteiger partial charge on any atom is 0.0141 e. The van der Waals surface area contributed by atoms with Gasteiger partial charge in [-0.2, -0.15) is 6.67 Å². The molecule has 0 N–H and O–H groups in total.